The Labute approximate surface area is 218 Å². The zero-order valence-electron chi connectivity index (χ0n) is 20.0. The summed E-state index contributed by atoms with van der Waals surface area (Å²) in [6.07, 6.45) is 1.70. The van der Waals surface area contributed by atoms with Crippen LogP contribution in [0.15, 0.2) is 63.1 Å². The van der Waals surface area contributed by atoms with E-state index in [0.29, 0.717) is 18.4 Å². The van der Waals surface area contributed by atoms with Crippen LogP contribution in [0.1, 0.15) is 18.4 Å². The van der Waals surface area contributed by atoms with Gasteiger partial charge in [-0.05, 0) is 48.7 Å². The Morgan fingerprint density at radius 3 is 2.61 bits per heavy atom. The second-order valence-electron chi connectivity index (χ2n) is 9.75. The molecule has 4 atom stereocenters. The number of benzene rings is 2. The van der Waals surface area contributed by atoms with Gasteiger partial charge in [0, 0.05) is 12.2 Å². The van der Waals surface area contributed by atoms with Crippen LogP contribution < -0.4 is 10.0 Å². The van der Waals surface area contributed by atoms with Gasteiger partial charge in [-0.1, -0.05) is 12.1 Å². The van der Waals surface area contributed by atoms with E-state index in [-0.39, 0.29) is 52.2 Å². The monoisotopic (exact) mass is 562 g/mol. The third-order valence-corrected chi connectivity index (χ3v) is 9.09. The van der Waals surface area contributed by atoms with E-state index in [1.54, 1.807) is 12.1 Å². The quantitative estimate of drug-likeness (QED) is 0.501. The van der Waals surface area contributed by atoms with E-state index in [0.717, 1.165) is 12.3 Å². The van der Waals surface area contributed by atoms with Crippen molar-refractivity contribution in [1.82, 2.24) is 4.90 Å². The smallest absolute Gasteiger partial charge is 0.286 e. The van der Waals surface area contributed by atoms with Crippen molar-refractivity contribution in [1.29, 1.82) is 0 Å². The molecule has 4 aliphatic rings. The lowest BCUT2D eigenvalue weighted by molar-refractivity contribution is -0.133. The number of amidine groups is 1. The van der Waals surface area contributed by atoms with E-state index >= 15 is 0 Å². The highest BCUT2D eigenvalue weighted by molar-refractivity contribution is 7.92. The van der Waals surface area contributed by atoms with Gasteiger partial charge in [0.25, 0.3) is 15.9 Å². The molecule has 2 bridgehead atoms. The number of aliphatic hydroxyl groups excluding tert-OH is 1. The molecule has 3 N–H and O–H groups in total. The fourth-order valence-corrected chi connectivity index (χ4v) is 7.38. The van der Waals surface area contributed by atoms with Crippen molar-refractivity contribution in [3.63, 3.8) is 0 Å². The summed E-state index contributed by atoms with van der Waals surface area (Å²) in [6.45, 7) is 0.0980. The Hall–Kier alpha value is -3.49. The Bertz CT molecular complexity index is 1640. The summed E-state index contributed by atoms with van der Waals surface area (Å²) in [5.41, 5.74) is 0.471. The molecule has 0 aromatic heterocycles. The third kappa shape index (κ3) is 4.12. The lowest BCUT2D eigenvalue weighted by Crippen LogP contribution is -2.55. The van der Waals surface area contributed by atoms with Crippen LogP contribution in [0.25, 0.3) is 0 Å². The molecule has 4 aliphatic heterocycles. The zero-order chi connectivity index (χ0) is 27.0. The minimum atomic E-state index is -4.38. The first-order valence-electron chi connectivity index (χ1n) is 11.8. The first kappa shape index (κ1) is 24.8. The van der Waals surface area contributed by atoms with Crippen molar-refractivity contribution in [2.45, 2.75) is 42.5 Å². The third-order valence-electron chi connectivity index (χ3n) is 7.17. The molecule has 2 fully saturated rings. The molecule has 11 nitrogen and oxygen atoms in total. The van der Waals surface area contributed by atoms with Crippen LogP contribution >= 0.6 is 0 Å². The summed E-state index contributed by atoms with van der Waals surface area (Å²) in [4.78, 5) is 15.1. The first-order chi connectivity index (χ1) is 17.9. The number of amides is 1. The van der Waals surface area contributed by atoms with Crippen molar-refractivity contribution >= 4 is 43.2 Å². The summed E-state index contributed by atoms with van der Waals surface area (Å²) < 4.78 is 74.9. The number of anilines is 2. The molecule has 14 heteroatoms. The van der Waals surface area contributed by atoms with Crippen LogP contribution in [-0.4, -0.2) is 63.1 Å². The van der Waals surface area contributed by atoms with Crippen molar-refractivity contribution in [2.24, 2.45) is 10.3 Å². The molecule has 6 rings (SSSR count). The number of carbonyl (C=O) groups is 1. The SMILES string of the molecule is CS(=O)(=O)Nc1ccc2c(c1)S(=O)(=O)N=C(C1=C(O)C3C4CCC(O4)C3N(Cc3ccc(F)cc3)C1=O)N2. The van der Waals surface area contributed by atoms with Crippen molar-refractivity contribution in [3.8, 4) is 0 Å². The Morgan fingerprint density at radius 2 is 1.89 bits per heavy atom. The van der Waals surface area contributed by atoms with Gasteiger partial charge in [0.1, 0.15) is 22.0 Å². The maximum atomic E-state index is 13.8. The molecular weight excluding hydrogens is 539 g/mol. The summed E-state index contributed by atoms with van der Waals surface area (Å²) in [7, 11) is -8.03. The lowest BCUT2D eigenvalue weighted by atomic mass is 9.77. The van der Waals surface area contributed by atoms with Crippen LogP contribution in [0.4, 0.5) is 15.8 Å². The molecule has 0 spiro atoms. The largest absolute Gasteiger partial charge is 0.511 e. The predicted molar refractivity (Wildman–Crippen MR) is 135 cm³/mol. The molecular formula is C24H23FN4O7S2. The summed E-state index contributed by atoms with van der Waals surface area (Å²) >= 11 is 0. The Balaban J connectivity index is 1.41. The van der Waals surface area contributed by atoms with Gasteiger partial charge in [0.05, 0.1) is 36.1 Å². The standard InChI is InChI=1S/C24H23FN4O7S2/c1-37(32,33)27-14-6-7-15-18(10-14)38(34,35)28-23(26-15)20-22(30)19-16-8-9-17(36-16)21(19)29(24(20)31)11-12-2-4-13(25)5-3-12/h2-7,10,16-17,19,21,27,30H,8-9,11H2,1H3,(H,26,28). The van der Waals surface area contributed by atoms with E-state index in [2.05, 4.69) is 14.4 Å². The van der Waals surface area contributed by atoms with Crippen LogP contribution in [-0.2, 0) is 36.1 Å². The van der Waals surface area contributed by atoms with E-state index < -0.39 is 43.7 Å². The van der Waals surface area contributed by atoms with E-state index in [4.69, 9.17) is 4.74 Å². The van der Waals surface area contributed by atoms with Gasteiger partial charge in [-0.2, -0.15) is 8.42 Å². The van der Waals surface area contributed by atoms with Crippen LogP contribution in [0.5, 0.6) is 0 Å². The van der Waals surface area contributed by atoms with Crippen LogP contribution in [0.2, 0.25) is 0 Å². The zero-order valence-corrected chi connectivity index (χ0v) is 21.6. The molecule has 2 aromatic rings. The van der Waals surface area contributed by atoms with Gasteiger partial charge in [-0.3, -0.25) is 9.52 Å². The molecule has 2 aromatic carbocycles. The summed E-state index contributed by atoms with van der Waals surface area (Å²) in [6, 6.07) is 9.06. The number of nitrogens with zero attached hydrogens (tertiary/aromatic N) is 2. The number of hydrogen-bond donors (Lipinski definition) is 3. The average molecular weight is 563 g/mol. The number of carbonyl (C=O) groups excluding carboxylic acids is 1. The van der Waals surface area contributed by atoms with Gasteiger partial charge < -0.3 is 20.1 Å². The lowest BCUT2D eigenvalue weighted by Gasteiger charge is -2.42. The molecule has 2 saturated heterocycles. The molecule has 4 unspecified atom stereocenters. The normalized spacial score (nSPS) is 27.5. The van der Waals surface area contributed by atoms with Crippen molar-refractivity contribution in [2.75, 3.05) is 16.3 Å². The van der Waals surface area contributed by atoms with Gasteiger partial charge >= 0.3 is 0 Å². The number of sulfonamides is 2. The second-order valence-corrected chi connectivity index (χ2v) is 13.1. The number of rotatable bonds is 5. The molecule has 0 aliphatic carbocycles. The van der Waals surface area contributed by atoms with Crippen LogP contribution in [0, 0.1) is 11.7 Å². The number of nitrogens with one attached hydrogen (secondary N) is 2. The maximum Gasteiger partial charge on any atom is 0.286 e. The maximum absolute atomic E-state index is 13.8. The first-order valence-corrected chi connectivity index (χ1v) is 15.1. The predicted octanol–water partition coefficient (Wildman–Crippen LogP) is 2.11. The summed E-state index contributed by atoms with van der Waals surface area (Å²) in [5, 5.41) is 14.1. The fourth-order valence-electron chi connectivity index (χ4n) is 5.67. The molecule has 200 valence electrons. The van der Waals surface area contributed by atoms with Gasteiger partial charge in [-0.15, -0.1) is 4.40 Å². The molecule has 38 heavy (non-hydrogen) atoms. The molecule has 0 radical (unpaired) electrons. The number of aliphatic hydroxyl groups is 1. The second kappa shape index (κ2) is 8.51. The number of halogens is 1. The van der Waals surface area contributed by atoms with E-state index in [1.807, 2.05) is 0 Å². The van der Waals surface area contributed by atoms with Gasteiger partial charge in [0.2, 0.25) is 10.0 Å². The molecule has 4 heterocycles. The Morgan fingerprint density at radius 1 is 1.18 bits per heavy atom. The van der Waals surface area contributed by atoms with Crippen molar-refractivity contribution < 1.29 is 35.9 Å². The number of hydrogen-bond acceptors (Lipinski definition) is 8. The fraction of sp³-hybridized carbons (Fsp3) is 0.333. The van der Waals surface area contributed by atoms with Crippen LogP contribution in [0.3, 0.4) is 0 Å². The highest BCUT2D eigenvalue weighted by Crippen LogP contribution is 2.48. The van der Waals surface area contributed by atoms with Gasteiger partial charge in [-0.25, -0.2) is 12.8 Å². The topological polar surface area (TPSA) is 154 Å². The highest BCUT2D eigenvalue weighted by Gasteiger charge is 2.58. The molecule has 1 amide bonds. The Kier molecular flexibility index (Phi) is 5.56. The summed E-state index contributed by atoms with van der Waals surface area (Å²) in [5.74, 6) is -2.25. The van der Waals surface area contributed by atoms with Crippen molar-refractivity contribution in [3.05, 3.63) is 65.2 Å². The number of fused-ring (bicyclic) bond motifs is 6. The minimum Gasteiger partial charge on any atom is -0.511 e. The average Bonchev–Trinajstić information content (AvgIpc) is 3.45. The number of ether oxygens (including phenoxy) is 1. The van der Waals surface area contributed by atoms with Gasteiger partial charge in [0.15, 0.2) is 5.84 Å². The highest BCUT2D eigenvalue weighted by atomic mass is 32.2. The minimum absolute atomic E-state index is 0.0264. The molecule has 0 saturated carbocycles. The van der Waals surface area contributed by atoms with E-state index in [1.165, 1.54) is 29.2 Å². The van der Waals surface area contributed by atoms with E-state index in [9.17, 15) is 31.1 Å².